The van der Waals surface area contributed by atoms with Gasteiger partial charge >= 0.3 is 0 Å². The van der Waals surface area contributed by atoms with E-state index in [2.05, 4.69) is 5.32 Å². The largest absolute Gasteiger partial charge is 0.353 e. The Labute approximate surface area is 133 Å². The van der Waals surface area contributed by atoms with Crippen molar-refractivity contribution in [2.24, 2.45) is 0 Å². The molecular formula is C19H27NO2. The van der Waals surface area contributed by atoms with E-state index in [1.807, 2.05) is 30.3 Å². The first-order valence-electron chi connectivity index (χ1n) is 8.63. The third kappa shape index (κ3) is 6.00. The molecule has 1 fully saturated rings. The van der Waals surface area contributed by atoms with Gasteiger partial charge in [0.25, 0.3) is 0 Å². The molecule has 2 rings (SSSR count). The van der Waals surface area contributed by atoms with Gasteiger partial charge in [0.1, 0.15) is 0 Å². The molecule has 3 nitrogen and oxygen atoms in total. The van der Waals surface area contributed by atoms with Crippen LogP contribution in [0.25, 0.3) is 0 Å². The van der Waals surface area contributed by atoms with Crippen LogP contribution in [-0.2, 0) is 4.79 Å². The minimum atomic E-state index is 0.103. The van der Waals surface area contributed by atoms with Crippen LogP contribution in [0, 0.1) is 0 Å². The number of nitrogens with one attached hydrogen (secondary N) is 1. The Morgan fingerprint density at radius 3 is 2.23 bits per heavy atom. The van der Waals surface area contributed by atoms with Gasteiger partial charge in [-0.15, -0.1) is 0 Å². The van der Waals surface area contributed by atoms with E-state index >= 15 is 0 Å². The third-order valence-corrected chi connectivity index (χ3v) is 4.37. The van der Waals surface area contributed by atoms with Gasteiger partial charge in [0, 0.05) is 24.4 Å². The number of amides is 1. The zero-order valence-electron chi connectivity index (χ0n) is 13.4. The molecule has 1 aliphatic carbocycles. The molecule has 1 N–H and O–H groups in total. The van der Waals surface area contributed by atoms with Gasteiger partial charge in [-0.05, 0) is 19.3 Å². The highest BCUT2D eigenvalue weighted by molar-refractivity contribution is 5.96. The lowest BCUT2D eigenvalue weighted by molar-refractivity contribution is -0.122. The normalized spacial score (nSPS) is 16.5. The first-order chi connectivity index (χ1) is 10.8. The Bertz CT molecular complexity index is 462. The van der Waals surface area contributed by atoms with Crippen LogP contribution in [0.3, 0.4) is 0 Å². The summed E-state index contributed by atoms with van der Waals surface area (Å²) in [6, 6.07) is 9.65. The van der Waals surface area contributed by atoms with E-state index in [4.69, 9.17) is 0 Å². The van der Waals surface area contributed by atoms with Crippen LogP contribution in [-0.4, -0.2) is 17.7 Å². The number of benzene rings is 1. The summed E-state index contributed by atoms with van der Waals surface area (Å²) in [6.07, 6.45) is 10.1. The molecule has 0 unspecified atom stereocenters. The first-order valence-corrected chi connectivity index (χ1v) is 8.63. The van der Waals surface area contributed by atoms with Gasteiger partial charge in [-0.3, -0.25) is 9.59 Å². The summed E-state index contributed by atoms with van der Waals surface area (Å²) in [6.45, 7) is 0. The van der Waals surface area contributed by atoms with Crippen molar-refractivity contribution < 1.29 is 9.59 Å². The number of carbonyl (C=O) groups is 2. The zero-order chi connectivity index (χ0) is 15.6. The van der Waals surface area contributed by atoms with Crippen molar-refractivity contribution in [3.8, 4) is 0 Å². The Morgan fingerprint density at radius 1 is 0.909 bits per heavy atom. The summed E-state index contributed by atoms with van der Waals surface area (Å²) in [5, 5.41) is 3.15. The van der Waals surface area contributed by atoms with E-state index in [0.29, 0.717) is 25.3 Å². The molecule has 3 heteroatoms. The van der Waals surface area contributed by atoms with Crippen molar-refractivity contribution in [2.45, 2.75) is 70.3 Å². The maximum atomic E-state index is 12.0. The van der Waals surface area contributed by atoms with Crippen molar-refractivity contribution in [1.29, 1.82) is 0 Å². The van der Waals surface area contributed by atoms with Gasteiger partial charge in [-0.25, -0.2) is 0 Å². The summed E-state index contributed by atoms with van der Waals surface area (Å²) in [5.74, 6) is 0.228. The van der Waals surface area contributed by atoms with Gasteiger partial charge in [-0.2, -0.15) is 0 Å². The van der Waals surface area contributed by atoms with Crippen molar-refractivity contribution in [1.82, 2.24) is 5.32 Å². The standard InChI is InChI=1S/C19H27NO2/c21-18(16-10-5-4-6-11-16)14-9-15-19(22)20-17-12-7-2-1-3-8-13-17/h4-6,10-11,17H,1-3,7-9,12-15H2,(H,20,22). The van der Waals surface area contributed by atoms with Gasteiger partial charge in [0.15, 0.2) is 5.78 Å². The van der Waals surface area contributed by atoms with E-state index in [9.17, 15) is 9.59 Å². The summed E-state index contributed by atoms with van der Waals surface area (Å²) < 4.78 is 0. The van der Waals surface area contributed by atoms with Gasteiger partial charge < -0.3 is 5.32 Å². The molecular weight excluding hydrogens is 274 g/mol. The predicted molar refractivity (Wildman–Crippen MR) is 88.9 cm³/mol. The lowest BCUT2D eigenvalue weighted by Crippen LogP contribution is -2.35. The average Bonchev–Trinajstić information content (AvgIpc) is 2.50. The summed E-state index contributed by atoms with van der Waals surface area (Å²) in [7, 11) is 0. The van der Waals surface area contributed by atoms with Crippen LogP contribution in [0.2, 0.25) is 0 Å². The van der Waals surface area contributed by atoms with Crippen molar-refractivity contribution in [3.05, 3.63) is 35.9 Å². The molecule has 1 aromatic carbocycles. The van der Waals surface area contributed by atoms with Gasteiger partial charge in [0.05, 0.1) is 0 Å². The van der Waals surface area contributed by atoms with Crippen LogP contribution in [0.1, 0.15) is 74.6 Å². The summed E-state index contributed by atoms with van der Waals surface area (Å²) in [4.78, 5) is 24.0. The summed E-state index contributed by atoms with van der Waals surface area (Å²) >= 11 is 0. The Balaban J connectivity index is 1.65. The van der Waals surface area contributed by atoms with Crippen molar-refractivity contribution in [3.63, 3.8) is 0 Å². The third-order valence-electron chi connectivity index (χ3n) is 4.37. The number of ketones is 1. The van der Waals surface area contributed by atoms with E-state index in [1.54, 1.807) is 0 Å². The zero-order valence-corrected chi connectivity index (χ0v) is 13.4. The second-order valence-electron chi connectivity index (χ2n) is 6.25. The molecule has 0 aromatic heterocycles. The van der Waals surface area contributed by atoms with Crippen LogP contribution in [0.5, 0.6) is 0 Å². The summed E-state index contributed by atoms with van der Waals surface area (Å²) in [5.41, 5.74) is 0.739. The lowest BCUT2D eigenvalue weighted by Gasteiger charge is -2.21. The smallest absolute Gasteiger partial charge is 0.220 e. The topological polar surface area (TPSA) is 46.2 Å². The molecule has 0 saturated heterocycles. The maximum absolute atomic E-state index is 12.0. The molecule has 1 aliphatic rings. The minimum Gasteiger partial charge on any atom is -0.353 e. The van der Waals surface area contributed by atoms with E-state index in [1.165, 1.54) is 32.1 Å². The second kappa shape index (κ2) is 9.39. The molecule has 1 saturated carbocycles. The van der Waals surface area contributed by atoms with E-state index in [-0.39, 0.29) is 11.7 Å². The quantitative estimate of drug-likeness (QED) is 0.798. The molecule has 1 amide bonds. The monoisotopic (exact) mass is 301 g/mol. The minimum absolute atomic E-state index is 0.103. The Kier molecular flexibility index (Phi) is 7.14. The lowest BCUT2D eigenvalue weighted by atomic mass is 9.96. The SMILES string of the molecule is O=C(CCCC(=O)c1ccccc1)NC1CCCCCCC1. The fraction of sp³-hybridized carbons (Fsp3) is 0.579. The van der Waals surface area contributed by atoms with Gasteiger partial charge in [-0.1, -0.05) is 62.4 Å². The molecule has 0 radical (unpaired) electrons. The molecule has 0 aliphatic heterocycles. The molecule has 120 valence electrons. The van der Waals surface area contributed by atoms with Crippen molar-refractivity contribution in [2.75, 3.05) is 0 Å². The van der Waals surface area contributed by atoms with Crippen LogP contribution in [0.15, 0.2) is 30.3 Å². The highest BCUT2D eigenvalue weighted by atomic mass is 16.1. The van der Waals surface area contributed by atoms with Gasteiger partial charge in [0.2, 0.25) is 5.91 Å². The number of carbonyl (C=O) groups excluding carboxylic acids is 2. The fourth-order valence-electron chi connectivity index (χ4n) is 3.08. The average molecular weight is 301 g/mol. The number of Topliss-reactive ketones (excluding diaryl/α,β-unsaturated/α-hetero) is 1. The first kappa shape index (κ1) is 16.7. The number of hydrogen-bond acceptors (Lipinski definition) is 2. The van der Waals surface area contributed by atoms with E-state index < -0.39 is 0 Å². The molecule has 0 bridgehead atoms. The predicted octanol–water partition coefficient (Wildman–Crippen LogP) is 4.27. The Hall–Kier alpha value is -1.64. The Morgan fingerprint density at radius 2 is 1.55 bits per heavy atom. The molecule has 22 heavy (non-hydrogen) atoms. The number of hydrogen-bond donors (Lipinski definition) is 1. The molecule has 0 atom stereocenters. The molecule has 0 heterocycles. The fourth-order valence-corrected chi connectivity index (χ4v) is 3.08. The molecule has 1 aromatic rings. The van der Waals surface area contributed by atoms with Crippen LogP contribution < -0.4 is 5.32 Å². The molecule has 0 spiro atoms. The van der Waals surface area contributed by atoms with E-state index in [0.717, 1.165) is 18.4 Å². The number of rotatable bonds is 6. The highest BCUT2D eigenvalue weighted by Gasteiger charge is 2.14. The van der Waals surface area contributed by atoms with Crippen molar-refractivity contribution >= 4 is 11.7 Å². The highest BCUT2D eigenvalue weighted by Crippen LogP contribution is 2.17. The maximum Gasteiger partial charge on any atom is 0.220 e. The second-order valence-corrected chi connectivity index (χ2v) is 6.25. The van der Waals surface area contributed by atoms with Crippen LogP contribution in [0.4, 0.5) is 0 Å². The van der Waals surface area contributed by atoms with Crippen LogP contribution >= 0.6 is 0 Å².